The van der Waals surface area contributed by atoms with Crippen molar-refractivity contribution in [3.05, 3.63) is 29.3 Å². The third-order valence-electron chi connectivity index (χ3n) is 3.55. The van der Waals surface area contributed by atoms with Gasteiger partial charge in [-0.05, 0) is 31.0 Å². The van der Waals surface area contributed by atoms with E-state index >= 15 is 0 Å². The highest BCUT2D eigenvalue weighted by molar-refractivity contribution is 5.38. The summed E-state index contributed by atoms with van der Waals surface area (Å²) in [5.41, 5.74) is -0.465. The highest BCUT2D eigenvalue weighted by Crippen LogP contribution is 2.36. The second-order valence-corrected chi connectivity index (χ2v) is 5.07. The van der Waals surface area contributed by atoms with E-state index in [1.807, 2.05) is 13.8 Å². The number of aromatic hydroxyl groups is 1. The van der Waals surface area contributed by atoms with Crippen molar-refractivity contribution in [2.75, 3.05) is 20.3 Å². The number of hydrogen-bond acceptors (Lipinski definition) is 3. The lowest BCUT2D eigenvalue weighted by atomic mass is 10.1. The Morgan fingerprint density at radius 1 is 1.33 bits per heavy atom. The van der Waals surface area contributed by atoms with E-state index in [2.05, 4.69) is 4.90 Å². The van der Waals surface area contributed by atoms with Crippen LogP contribution >= 0.6 is 0 Å². The first-order valence-electron chi connectivity index (χ1n) is 6.91. The molecule has 1 atom stereocenters. The SMILES string of the molecule is CCC(C)N(CCOC)Cc1ccc(O)c(C(F)(F)F)c1. The van der Waals surface area contributed by atoms with Gasteiger partial charge in [-0.3, -0.25) is 4.90 Å². The van der Waals surface area contributed by atoms with Crippen molar-refractivity contribution in [3.8, 4) is 5.75 Å². The van der Waals surface area contributed by atoms with Crippen molar-refractivity contribution in [2.45, 2.75) is 39.0 Å². The monoisotopic (exact) mass is 305 g/mol. The summed E-state index contributed by atoms with van der Waals surface area (Å²) in [6, 6.07) is 3.87. The number of methoxy groups -OCH3 is 1. The molecule has 1 aromatic rings. The van der Waals surface area contributed by atoms with Crippen LogP contribution in [0.25, 0.3) is 0 Å². The molecule has 0 aliphatic heterocycles. The zero-order chi connectivity index (χ0) is 16.0. The molecular weight excluding hydrogens is 283 g/mol. The highest BCUT2D eigenvalue weighted by atomic mass is 19.4. The molecule has 0 aromatic heterocycles. The zero-order valence-corrected chi connectivity index (χ0v) is 12.6. The van der Waals surface area contributed by atoms with Gasteiger partial charge >= 0.3 is 6.18 Å². The standard InChI is InChI=1S/C15H22F3NO2/c1-4-11(2)19(7-8-21-3)10-12-5-6-14(20)13(9-12)15(16,17)18/h5-6,9,11,20H,4,7-8,10H2,1-3H3. The summed E-state index contributed by atoms with van der Waals surface area (Å²) in [6.07, 6.45) is -3.65. The molecule has 0 aliphatic carbocycles. The van der Waals surface area contributed by atoms with E-state index in [-0.39, 0.29) is 6.04 Å². The van der Waals surface area contributed by atoms with E-state index < -0.39 is 17.5 Å². The Balaban J connectivity index is 2.93. The van der Waals surface area contributed by atoms with Crippen LogP contribution in [0, 0.1) is 0 Å². The van der Waals surface area contributed by atoms with Gasteiger partial charge in [0, 0.05) is 26.2 Å². The fourth-order valence-electron chi connectivity index (χ4n) is 2.07. The lowest BCUT2D eigenvalue weighted by Crippen LogP contribution is -2.34. The normalized spacial score (nSPS) is 13.7. The van der Waals surface area contributed by atoms with Gasteiger partial charge in [-0.25, -0.2) is 0 Å². The number of rotatable bonds is 7. The second-order valence-electron chi connectivity index (χ2n) is 5.07. The van der Waals surface area contributed by atoms with Crippen LogP contribution in [0.15, 0.2) is 18.2 Å². The van der Waals surface area contributed by atoms with Crippen LogP contribution in [0.3, 0.4) is 0 Å². The van der Waals surface area contributed by atoms with Gasteiger partial charge in [-0.2, -0.15) is 13.2 Å². The number of halogens is 3. The van der Waals surface area contributed by atoms with Crippen LogP contribution in [0.5, 0.6) is 5.75 Å². The van der Waals surface area contributed by atoms with Gasteiger partial charge < -0.3 is 9.84 Å². The van der Waals surface area contributed by atoms with Crippen molar-refractivity contribution in [3.63, 3.8) is 0 Å². The Labute approximate surface area is 123 Å². The molecule has 0 aliphatic rings. The molecule has 120 valence electrons. The van der Waals surface area contributed by atoms with Gasteiger partial charge in [-0.1, -0.05) is 13.0 Å². The Bertz CT molecular complexity index is 449. The number of alkyl halides is 3. The quantitative estimate of drug-likeness (QED) is 0.834. The van der Waals surface area contributed by atoms with Crippen molar-refractivity contribution in [1.82, 2.24) is 4.90 Å². The first-order chi connectivity index (χ1) is 9.79. The average molecular weight is 305 g/mol. The topological polar surface area (TPSA) is 32.7 Å². The van der Waals surface area contributed by atoms with Gasteiger partial charge in [0.1, 0.15) is 5.75 Å². The summed E-state index contributed by atoms with van der Waals surface area (Å²) in [5.74, 6) is -0.738. The summed E-state index contributed by atoms with van der Waals surface area (Å²) >= 11 is 0. The Morgan fingerprint density at radius 3 is 2.52 bits per heavy atom. The Morgan fingerprint density at radius 2 is 2.00 bits per heavy atom. The Hall–Kier alpha value is -1.27. The van der Waals surface area contributed by atoms with E-state index in [0.717, 1.165) is 18.6 Å². The van der Waals surface area contributed by atoms with E-state index in [4.69, 9.17) is 4.74 Å². The van der Waals surface area contributed by atoms with E-state index in [1.54, 1.807) is 7.11 Å². The minimum atomic E-state index is -4.55. The smallest absolute Gasteiger partial charge is 0.419 e. The van der Waals surface area contributed by atoms with Crippen LogP contribution in [-0.4, -0.2) is 36.3 Å². The molecule has 1 N–H and O–H groups in total. The van der Waals surface area contributed by atoms with Gasteiger partial charge in [0.2, 0.25) is 0 Å². The average Bonchev–Trinajstić information content (AvgIpc) is 2.43. The maximum Gasteiger partial charge on any atom is 0.419 e. The Kier molecular flexibility index (Phi) is 6.48. The second kappa shape index (κ2) is 7.66. The van der Waals surface area contributed by atoms with Gasteiger partial charge in [0.15, 0.2) is 0 Å². The van der Waals surface area contributed by atoms with Crippen LogP contribution in [-0.2, 0) is 17.5 Å². The van der Waals surface area contributed by atoms with Crippen LogP contribution in [0.2, 0.25) is 0 Å². The maximum absolute atomic E-state index is 12.8. The molecule has 3 nitrogen and oxygen atoms in total. The summed E-state index contributed by atoms with van der Waals surface area (Å²) in [6.45, 7) is 5.62. The van der Waals surface area contributed by atoms with Crippen molar-refractivity contribution >= 4 is 0 Å². The molecule has 1 aromatic carbocycles. The molecule has 0 bridgehead atoms. The fraction of sp³-hybridized carbons (Fsp3) is 0.600. The predicted molar refractivity (Wildman–Crippen MR) is 75.1 cm³/mol. The van der Waals surface area contributed by atoms with Crippen molar-refractivity contribution in [2.24, 2.45) is 0 Å². The van der Waals surface area contributed by atoms with E-state index in [1.165, 1.54) is 6.07 Å². The van der Waals surface area contributed by atoms with E-state index in [0.29, 0.717) is 25.3 Å². The van der Waals surface area contributed by atoms with Gasteiger partial charge in [0.05, 0.1) is 12.2 Å². The van der Waals surface area contributed by atoms with Crippen molar-refractivity contribution < 1.29 is 23.0 Å². The molecule has 0 fully saturated rings. The molecule has 0 amide bonds. The molecule has 0 heterocycles. The summed E-state index contributed by atoms with van der Waals surface area (Å²) < 4.78 is 43.4. The highest BCUT2D eigenvalue weighted by Gasteiger charge is 2.34. The van der Waals surface area contributed by atoms with Gasteiger partial charge in [0.25, 0.3) is 0 Å². The number of phenols is 1. The first kappa shape index (κ1) is 17.8. The lowest BCUT2D eigenvalue weighted by Gasteiger charge is -2.28. The number of benzene rings is 1. The molecule has 0 saturated carbocycles. The van der Waals surface area contributed by atoms with Gasteiger partial charge in [-0.15, -0.1) is 0 Å². The summed E-state index contributed by atoms with van der Waals surface area (Å²) in [5, 5.41) is 9.35. The molecule has 1 rings (SSSR count). The number of ether oxygens (including phenoxy) is 1. The number of phenolic OH excluding ortho intramolecular Hbond substituents is 1. The van der Waals surface area contributed by atoms with Crippen molar-refractivity contribution in [1.29, 1.82) is 0 Å². The minimum Gasteiger partial charge on any atom is -0.507 e. The fourth-order valence-corrected chi connectivity index (χ4v) is 2.07. The van der Waals surface area contributed by atoms with Crippen LogP contribution in [0.1, 0.15) is 31.4 Å². The van der Waals surface area contributed by atoms with E-state index in [9.17, 15) is 18.3 Å². The lowest BCUT2D eigenvalue weighted by molar-refractivity contribution is -0.138. The zero-order valence-electron chi connectivity index (χ0n) is 12.6. The molecule has 6 heteroatoms. The summed E-state index contributed by atoms with van der Waals surface area (Å²) in [4.78, 5) is 2.07. The molecule has 0 radical (unpaired) electrons. The molecule has 0 spiro atoms. The third-order valence-corrected chi connectivity index (χ3v) is 3.55. The van der Waals surface area contributed by atoms with Crippen LogP contribution < -0.4 is 0 Å². The molecule has 0 saturated heterocycles. The largest absolute Gasteiger partial charge is 0.507 e. The molecule has 21 heavy (non-hydrogen) atoms. The minimum absolute atomic E-state index is 0.239. The predicted octanol–water partition coefficient (Wildman–Crippen LogP) is 3.66. The number of hydrogen-bond donors (Lipinski definition) is 1. The third kappa shape index (κ3) is 5.21. The number of nitrogens with zero attached hydrogens (tertiary/aromatic N) is 1. The summed E-state index contributed by atoms with van der Waals surface area (Å²) in [7, 11) is 1.59. The molecular formula is C15H22F3NO2. The van der Waals surface area contributed by atoms with Crippen LogP contribution in [0.4, 0.5) is 13.2 Å². The first-order valence-corrected chi connectivity index (χ1v) is 6.91. The maximum atomic E-state index is 12.8. The molecule has 1 unspecified atom stereocenters.